The van der Waals surface area contributed by atoms with E-state index in [-0.39, 0.29) is 10.0 Å². The molecule has 0 aliphatic carbocycles. The molecule has 5 heteroatoms. The van der Waals surface area contributed by atoms with Gasteiger partial charge in [0.1, 0.15) is 5.82 Å². The van der Waals surface area contributed by atoms with Crippen LogP contribution in [0.3, 0.4) is 0 Å². The second-order valence-corrected chi connectivity index (χ2v) is 3.57. The van der Waals surface area contributed by atoms with Crippen LogP contribution in [0.5, 0.6) is 0 Å². The van der Waals surface area contributed by atoms with Gasteiger partial charge in [-0.2, -0.15) is 0 Å². The number of rotatable bonds is 2. The first-order chi connectivity index (χ1) is 6.43. The first-order valence-corrected chi connectivity index (χ1v) is 4.50. The zero-order valence-corrected chi connectivity index (χ0v) is 8.74. The molecule has 0 aliphatic rings. The van der Waals surface area contributed by atoms with Gasteiger partial charge in [0.25, 0.3) is 6.43 Å². The van der Waals surface area contributed by atoms with E-state index in [9.17, 15) is 18.0 Å². The summed E-state index contributed by atoms with van der Waals surface area (Å²) in [5.74, 6) is -1.43. The third-order valence-electron chi connectivity index (χ3n) is 1.67. The van der Waals surface area contributed by atoms with Crippen LogP contribution in [0.1, 0.15) is 29.3 Å². The summed E-state index contributed by atoms with van der Waals surface area (Å²) in [5.41, 5.74) is -0.645. The lowest BCUT2D eigenvalue weighted by molar-refractivity contribution is 0.101. The Labute approximate surface area is 87.1 Å². The van der Waals surface area contributed by atoms with E-state index in [1.165, 1.54) is 6.92 Å². The quantitative estimate of drug-likeness (QED) is 0.746. The molecule has 0 fully saturated rings. The maximum atomic E-state index is 13.1. The lowest BCUT2D eigenvalue weighted by Gasteiger charge is -2.05. The van der Waals surface area contributed by atoms with Crippen LogP contribution < -0.4 is 0 Å². The molecule has 0 bridgehead atoms. The summed E-state index contributed by atoms with van der Waals surface area (Å²) in [6, 6.07) is 1.72. The van der Waals surface area contributed by atoms with Gasteiger partial charge in [0.15, 0.2) is 5.78 Å². The van der Waals surface area contributed by atoms with Gasteiger partial charge in [-0.15, -0.1) is 0 Å². The molecule has 1 nitrogen and oxygen atoms in total. The fraction of sp³-hybridized carbons (Fsp3) is 0.222. The SMILES string of the molecule is CC(=O)c1c(F)cc(C(F)F)cc1Br. The summed E-state index contributed by atoms with van der Waals surface area (Å²) in [5, 5.41) is 0. The van der Waals surface area contributed by atoms with Crippen LogP contribution in [0.4, 0.5) is 13.2 Å². The second-order valence-electron chi connectivity index (χ2n) is 2.72. The van der Waals surface area contributed by atoms with Crippen LogP contribution in [-0.2, 0) is 0 Å². The van der Waals surface area contributed by atoms with Crippen molar-refractivity contribution in [3.05, 3.63) is 33.5 Å². The van der Waals surface area contributed by atoms with Crippen molar-refractivity contribution in [2.24, 2.45) is 0 Å². The third kappa shape index (κ3) is 2.15. The molecule has 0 spiro atoms. The molecule has 0 heterocycles. The topological polar surface area (TPSA) is 17.1 Å². The smallest absolute Gasteiger partial charge is 0.263 e. The highest BCUT2D eigenvalue weighted by Crippen LogP contribution is 2.27. The first-order valence-electron chi connectivity index (χ1n) is 3.71. The molecule has 0 aliphatic heterocycles. The van der Waals surface area contributed by atoms with E-state index in [4.69, 9.17) is 0 Å². The van der Waals surface area contributed by atoms with Crippen molar-refractivity contribution in [1.82, 2.24) is 0 Å². The molecule has 1 aromatic rings. The largest absolute Gasteiger partial charge is 0.294 e. The van der Waals surface area contributed by atoms with Crippen molar-refractivity contribution in [3.63, 3.8) is 0 Å². The zero-order chi connectivity index (χ0) is 10.9. The van der Waals surface area contributed by atoms with E-state index < -0.39 is 23.6 Å². The Balaban J connectivity index is 3.32. The number of Topliss-reactive ketones (excluding diaryl/α,β-unsaturated/α-hetero) is 1. The number of hydrogen-bond donors (Lipinski definition) is 0. The van der Waals surface area contributed by atoms with Gasteiger partial charge in [0.2, 0.25) is 0 Å². The Morgan fingerprint density at radius 3 is 2.36 bits per heavy atom. The first kappa shape index (κ1) is 11.2. The molecule has 0 saturated heterocycles. The number of halogens is 4. The number of hydrogen-bond acceptors (Lipinski definition) is 1. The number of carbonyl (C=O) groups excluding carboxylic acids is 1. The minimum atomic E-state index is -2.75. The summed E-state index contributed by atoms with van der Waals surface area (Å²) in [6.45, 7) is 1.17. The molecule has 1 rings (SSSR count). The van der Waals surface area contributed by atoms with Crippen LogP contribution >= 0.6 is 15.9 Å². The van der Waals surface area contributed by atoms with Gasteiger partial charge in [0.05, 0.1) is 5.56 Å². The van der Waals surface area contributed by atoms with Crippen LogP contribution in [0.25, 0.3) is 0 Å². The average Bonchev–Trinajstić information content (AvgIpc) is 2.01. The number of benzene rings is 1. The Morgan fingerprint density at radius 1 is 1.43 bits per heavy atom. The minimum Gasteiger partial charge on any atom is -0.294 e. The molecule has 0 N–H and O–H groups in total. The predicted molar refractivity (Wildman–Crippen MR) is 49.1 cm³/mol. The van der Waals surface area contributed by atoms with Crippen molar-refractivity contribution in [3.8, 4) is 0 Å². The van der Waals surface area contributed by atoms with Gasteiger partial charge < -0.3 is 0 Å². The van der Waals surface area contributed by atoms with Crippen molar-refractivity contribution in [1.29, 1.82) is 0 Å². The maximum Gasteiger partial charge on any atom is 0.263 e. The Morgan fingerprint density at radius 2 is 2.00 bits per heavy atom. The van der Waals surface area contributed by atoms with Gasteiger partial charge in [-0.1, -0.05) is 0 Å². The van der Waals surface area contributed by atoms with Gasteiger partial charge in [0, 0.05) is 10.0 Å². The van der Waals surface area contributed by atoms with Gasteiger partial charge in [-0.05, 0) is 35.0 Å². The predicted octanol–water partition coefficient (Wildman–Crippen LogP) is 3.73. The molecule has 0 aromatic heterocycles. The van der Waals surface area contributed by atoms with Gasteiger partial charge >= 0.3 is 0 Å². The van der Waals surface area contributed by atoms with Crippen molar-refractivity contribution < 1.29 is 18.0 Å². The molecule has 76 valence electrons. The Bertz CT molecular complexity index is 353. The van der Waals surface area contributed by atoms with Crippen molar-refractivity contribution in [2.45, 2.75) is 13.3 Å². The summed E-state index contributed by atoms with van der Waals surface area (Å²) in [6.07, 6.45) is -2.75. The zero-order valence-electron chi connectivity index (χ0n) is 7.15. The minimum absolute atomic E-state index is 0.0558. The normalized spacial score (nSPS) is 10.7. The molecule has 0 amide bonds. The highest BCUT2D eigenvalue weighted by atomic mass is 79.9. The molecule has 0 atom stereocenters. The Kier molecular flexibility index (Phi) is 3.31. The number of ketones is 1. The summed E-state index contributed by atoms with van der Waals surface area (Å²) >= 11 is 2.87. The Hall–Kier alpha value is -0.840. The summed E-state index contributed by atoms with van der Waals surface area (Å²) < 4.78 is 37.6. The fourth-order valence-corrected chi connectivity index (χ4v) is 1.79. The third-order valence-corrected chi connectivity index (χ3v) is 2.29. The molecule has 0 radical (unpaired) electrons. The highest BCUT2D eigenvalue weighted by Gasteiger charge is 2.16. The monoisotopic (exact) mass is 266 g/mol. The van der Waals surface area contributed by atoms with Crippen molar-refractivity contribution >= 4 is 21.7 Å². The molecule has 0 saturated carbocycles. The van der Waals surface area contributed by atoms with Crippen LogP contribution in [0.2, 0.25) is 0 Å². The summed E-state index contributed by atoms with van der Waals surface area (Å²) in [4.78, 5) is 10.9. The van der Waals surface area contributed by atoms with Crippen molar-refractivity contribution in [2.75, 3.05) is 0 Å². The van der Waals surface area contributed by atoms with Gasteiger partial charge in [-0.25, -0.2) is 13.2 Å². The maximum absolute atomic E-state index is 13.1. The molecule has 14 heavy (non-hydrogen) atoms. The lowest BCUT2D eigenvalue weighted by Crippen LogP contribution is -2.00. The van der Waals surface area contributed by atoms with E-state index in [2.05, 4.69) is 15.9 Å². The van der Waals surface area contributed by atoms with E-state index >= 15 is 0 Å². The molecule has 0 unspecified atom stereocenters. The van der Waals surface area contributed by atoms with Crippen LogP contribution in [0, 0.1) is 5.82 Å². The van der Waals surface area contributed by atoms with Gasteiger partial charge in [-0.3, -0.25) is 4.79 Å². The van der Waals surface area contributed by atoms with Crippen LogP contribution in [-0.4, -0.2) is 5.78 Å². The van der Waals surface area contributed by atoms with E-state index in [0.717, 1.165) is 6.07 Å². The molecular formula is C9H6BrF3O. The second kappa shape index (κ2) is 4.13. The molecular weight excluding hydrogens is 261 g/mol. The lowest BCUT2D eigenvalue weighted by atomic mass is 10.1. The van der Waals surface area contributed by atoms with E-state index in [1.54, 1.807) is 0 Å². The highest BCUT2D eigenvalue weighted by molar-refractivity contribution is 9.10. The van der Waals surface area contributed by atoms with Crippen LogP contribution in [0.15, 0.2) is 16.6 Å². The number of carbonyl (C=O) groups is 1. The molecule has 1 aromatic carbocycles. The average molecular weight is 267 g/mol. The number of alkyl halides is 2. The summed E-state index contributed by atoms with van der Waals surface area (Å²) in [7, 11) is 0. The van der Waals surface area contributed by atoms with E-state index in [0.29, 0.717) is 6.07 Å². The fourth-order valence-electron chi connectivity index (χ4n) is 1.06. The van der Waals surface area contributed by atoms with E-state index in [1.807, 2.05) is 0 Å². The standard InChI is InChI=1S/C9H6BrF3O/c1-4(14)8-6(10)2-5(9(12)13)3-7(8)11/h2-3,9H,1H3.